The molecule has 104 valence electrons. The summed E-state index contributed by atoms with van der Waals surface area (Å²) in [5.74, 6) is 0. The number of nitrogens with zero attached hydrogens (tertiary/aromatic N) is 1. The summed E-state index contributed by atoms with van der Waals surface area (Å²) in [5, 5.41) is 2.99. The third kappa shape index (κ3) is 5.33. The van der Waals surface area contributed by atoms with Gasteiger partial charge in [-0.1, -0.05) is 0 Å². The highest BCUT2D eigenvalue weighted by Crippen LogP contribution is 2.21. The minimum atomic E-state index is -3.38. The Bertz CT molecular complexity index is 461. The Kier molecular flexibility index (Phi) is 6.75. The maximum atomic E-state index is 11.9. The molecule has 0 amide bonds. The fourth-order valence-electron chi connectivity index (χ4n) is 1.32. The molecule has 0 aliphatic rings. The van der Waals surface area contributed by atoms with Crippen molar-refractivity contribution in [3.8, 4) is 0 Å². The molecule has 0 unspecified atom stereocenters. The van der Waals surface area contributed by atoms with E-state index in [0.717, 1.165) is 21.6 Å². The summed E-state index contributed by atoms with van der Waals surface area (Å²) in [6.45, 7) is 1.64. The Balaban J connectivity index is 2.43. The van der Waals surface area contributed by atoms with Gasteiger partial charge in [-0.05, 0) is 48.1 Å². The number of nitrogens with one attached hydrogen (secondary N) is 2. The summed E-state index contributed by atoms with van der Waals surface area (Å²) >= 11 is 4.87. The summed E-state index contributed by atoms with van der Waals surface area (Å²) in [6.07, 6.45) is 0.790. The molecule has 0 atom stereocenters. The van der Waals surface area contributed by atoms with Crippen LogP contribution < -0.4 is 10.0 Å². The molecule has 0 aromatic carbocycles. The first kappa shape index (κ1) is 16.1. The zero-order chi connectivity index (χ0) is 13.6. The zero-order valence-electron chi connectivity index (χ0n) is 10.4. The summed E-state index contributed by atoms with van der Waals surface area (Å²) < 4.78 is 28.7. The Morgan fingerprint density at radius 1 is 1.44 bits per heavy atom. The molecule has 2 N–H and O–H groups in total. The first-order valence-electron chi connectivity index (χ1n) is 5.55. The van der Waals surface area contributed by atoms with Gasteiger partial charge in [-0.15, -0.1) is 11.3 Å². The van der Waals surface area contributed by atoms with E-state index in [-0.39, 0.29) is 0 Å². The van der Waals surface area contributed by atoms with Gasteiger partial charge >= 0.3 is 0 Å². The molecule has 1 rings (SSSR count). The first-order valence-corrected chi connectivity index (χ1v) is 8.60. The van der Waals surface area contributed by atoms with Crippen LogP contribution in [0.15, 0.2) is 15.9 Å². The van der Waals surface area contributed by atoms with E-state index in [1.54, 1.807) is 7.05 Å². The summed E-state index contributed by atoms with van der Waals surface area (Å²) in [5.41, 5.74) is 0. The second-order valence-corrected chi connectivity index (χ2v) is 8.22. The second-order valence-electron chi connectivity index (χ2n) is 3.81. The lowest BCUT2D eigenvalue weighted by Crippen LogP contribution is -2.38. The van der Waals surface area contributed by atoms with E-state index in [0.29, 0.717) is 13.1 Å². The number of hydrogen-bond donors (Lipinski definition) is 2. The largest absolute Gasteiger partial charge is 0.320 e. The van der Waals surface area contributed by atoms with Crippen molar-refractivity contribution in [3.63, 3.8) is 0 Å². The molecule has 0 spiro atoms. The molecule has 0 fully saturated rings. The molecular weight excluding hydrogens is 338 g/mol. The highest BCUT2D eigenvalue weighted by Gasteiger charge is 2.16. The van der Waals surface area contributed by atoms with Crippen molar-refractivity contribution >= 4 is 37.5 Å². The number of halogens is 1. The molecule has 1 heterocycles. The molecule has 0 aliphatic heterocycles. The van der Waals surface area contributed by atoms with Crippen LogP contribution in [0.2, 0.25) is 0 Å². The van der Waals surface area contributed by atoms with Crippen LogP contribution in [0.4, 0.5) is 0 Å². The molecule has 0 saturated carbocycles. The maximum absolute atomic E-state index is 11.9. The van der Waals surface area contributed by atoms with Crippen LogP contribution in [0.5, 0.6) is 0 Å². The van der Waals surface area contributed by atoms with Gasteiger partial charge in [0.25, 0.3) is 10.2 Å². The van der Waals surface area contributed by atoms with Crippen LogP contribution in [-0.4, -0.2) is 39.9 Å². The average molecular weight is 356 g/mol. The van der Waals surface area contributed by atoms with E-state index >= 15 is 0 Å². The second kappa shape index (κ2) is 7.56. The Morgan fingerprint density at radius 2 is 2.17 bits per heavy atom. The Hall–Kier alpha value is 0.01000. The van der Waals surface area contributed by atoms with Crippen molar-refractivity contribution in [1.29, 1.82) is 0 Å². The topological polar surface area (TPSA) is 61.4 Å². The molecule has 18 heavy (non-hydrogen) atoms. The van der Waals surface area contributed by atoms with Crippen LogP contribution >= 0.6 is 27.3 Å². The zero-order valence-corrected chi connectivity index (χ0v) is 13.7. The SMILES string of the molecule is CNCCCN(C)S(=O)(=O)NCc1ccc(Br)s1. The van der Waals surface area contributed by atoms with Crippen molar-refractivity contribution in [2.75, 3.05) is 27.2 Å². The van der Waals surface area contributed by atoms with Crippen LogP contribution in [0, 0.1) is 0 Å². The minimum Gasteiger partial charge on any atom is -0.320 e. The molecule has 0 aliphatic carbocycles. The molecule has 0 bridgehead atoms. The van der Waals surface area contributed by atoms with Crippen LogP contribution in [-0.2, 0) is 16.8 Å². The predicted octanol–water partition coefficient (Wildman–Crippen LogP) is 1.39. The highest BCUT2D eigenvalue weighted by atomic mass is 79.9. The van der Waals surface area contributed by atoms with Crippen molar-refractivity contribution < 1.29 is 8.42 Å². The van der Waals surface area contributed by atoms with E-state index in [2.05, 4.69) is 26.0 Å². The van der Waals surface area contributed by atoms with E-state index < -0.39 is 10.2 Å². The van der Waals surface area contributed by atoms with Crippen LogP contribution in [0.25, 0.3) is 0 Å². The van der Waals surface area contributed by atoms with Gasteiger partial charge in [-0.25, -0.2) is 0 Å². The lowest BCUT2D eigenvalue weighted by Gasteiger charge is -2.17. The van der Waals surface area contributed by atoms with Crippen molar-refractivity contribution in [2.24, 2.45) is 0 Å². The third-order valence-corrected chi connectivity index (χ3v) is 5.50. The molecular formula is C10H18BrN3O2S2. The van der Waals surface area contributed by atoms with Gasteiger partial charge in [0.1, 0.15) is 0 Å². The standard InChI is InChI=1S/C10H18BrN3O2S2/c1-12-6-3-7-14(2)18(15,16)13-8-9-4-5-10(11)17-9/h4-5,12-13H,3,6-8H2,1-2H3. The molecule has 0 radical (unpaired) electrons. The van der Waals surface area contributed by atoms with E-state index in [4.69, 9.17) is 0 Å². The minimum absolute atomic E-state index is 0.328. The maximum Gasteiger partial charge on any atom is 0.279 e. The molecule has 1 aromatic heterocycles. The highest BCUT2D eigenvalue weighted by molar-refractivity contribution is 9.11. The Morgan fingerprint density at radius 3 is 2.72 bits per heavy atom. The lowest BCUT2D eigenvalue weighted by molar-refractivity contribution is 0.448. The third-order valence-electron chi connectivity index (χ3n) is 2.37. The van der Waals surface area contributed by atoms with Gasteiger partial charge in [0.15, 0.2) is 0 Å². The molecule has 1 aromatic rings. The van der Waals surface area contributed by atoms with Crippen LogP contribution in [0.1, 0.15) is 11.3 Å². The van der Waals surface area contributed by atoms with E-state index in [1.165, 1.54) is 15.6 Å². The molecule has 8 heteroatoms. The molecule has 5 nitrogen and oxygen atoms in total. The van der Waals surface area contributed by atoms with Gasteiger partial charge in [-0.2, -0.15) is 17.4 Å². The summed E-state index contributed by atoms with van der Waals surface area (Å²) in [6, 6.07) is 3.81. The number of rotatable bonds is 8. The van der Waals surface area contributed by atoms with Crippen molar-refractivity contribution in [1.82, 2.24) is 14.3 Å². The van der Waals surface area contributed by atoms with Gasteiger partial charge in [0.2, 0.25) is 0 Å². The first-order chi connectivity index (χ1) is 8.45. The Labute approximate surface area is 121 Å². The lowest BCUT2D eigenvalue weighted by atomic mass is 10.4. The van der Waals surface area contributed by atoms with Gasteiger partial charge < -0.3 is 5.32 Å². The monoisotopic (exact) mass is 355 g/mol. The summed E-state index contributed by atoms with van der Waals surface area (Å²) in [4.78, 5) is 0.981. The van der Waals surface area contributed by atoms with Crippen molar-refractivity contribution in [2.45, 2.75) is 13.0 Å². The summed E-state index contributed by atoms with van der Waals surface area (Å²) in [7, 11) is 0.0515. The fourth-order valence-corrected chi connectivity index (χ4v) is 3.76. The van der Waals surface area contributed by atoms with Gasteiger partial charge in [0, 0.05) is 25.0 Å². The average Bonchev–Trinajstić information content (AvgIpc) is 2.73. The van der Waals surface area contributed by atoms with E-state index in [9.17, 15) is 8.42 Å². The predicted molar refractivity (Wildman–Crippen MR) is 79.0 cm³/mol. The molecule has 0 saturated heterocycles. The quantitative estimate of drug-likeness (QED) is 0.692. The van der Waals surface area contributed by atoms with E-state index in [1.807, 2.05) is 19.2 Å². The smallest absolute Gasteiger partial charge is 0.279 e. The fraction of sp³-hybridized carbons (Fsp3) is 0.600. The number of hydrogen-bond acceptors (Lipinski definition) is 4. The van der Waals surface area contributed by atoms with Crippen LogP contribution in [0.3, 0.4) is 0 Å². The number of thiophene rings is 1. The van der Waals surface area contributed by atoms with Gasteiger partial charge in [0.05, 0.1) is 3.79 Å². The van der Waals surface area contributed by atoms with Gasteiger partial charge in [-0.3, -0.25) is 0 Å². The van der Waals surface area contributed by atoms with Crippen molar-refractivity contribution in [3.05, 3.63) is 20.8 Å². The normalized spacial score (nSPS) is 12.2.